The van der Waals surface area contributed by atoms with Gasteiger partial charge in [-0.3, -0.25) is 9.59 Å². The molecule has 1 saturated heterocycles. The number of phenolic OH excluding ortho intramolecular Hbond substituents is 1. The number of aliphatic hydroxyl groups excluding tert-OH is 3. The minimum atomic E-state index is -1.89. The van der Waals surface area contributed by atoms with Crippen molar-refractivity contribution < 1.29 is 54.5 Å². The average molecular weight is 444 g/mol. The van der Waals surface area contributed by atoms with E-state index in [-0.39, 0.29) is 12.2 Å². The second-order valence-corrected chi connectivity index (χ2v) is 7.03. The Hall–Kier alpha value is -2.97. The number of phenols is 1. The Morgan fingerprint density at radius 1 is 1.16 bits per heavy atom. The first-order valence-electron chi connectivity index (χ1n) is 9.12. The predicted molar refractivity (Wildman–Crippen MR) is 100.0 cm³/mol. The molecule has 1 heterocycles. The van der Waals surface area contributed by atoms with Gasteiger partial charge in [-0.2, -0.15) is 0 Å². The van der Waals surface area contributed by atoms with Crippen LogP contribution in [0.1, 0.15) is 12.5 Å². The van der Waals surface area contributed by atoms with Crippen LogP contribution in [0.4, 0.5) is 0 Å². The maximum absolute atomic E-state index is 11.9. The topological polar surface area (TPSA) is 229 Å². The van der Waals surface area contributed by atoms with Gasteiger partial charge in [0, 0.05) is 0 Å². The number of carbonyl (C=O) groups excluding carboxylic acids is 1. The molecule has 0 radical (unpaired) electrons. The number of hydrogen-bond donors (Lipinski definition) is 8. The van der Waals surface area contributed by atoms with Crippen molar-refractivity contribution in [3.63, 3.8) is 0 Å². The van der Waals surface area contributed by atoms with Gasteiger partial charge in [0.2, 0.25) is 12.2 Å². The summed E-state index contributed by atoms with van der Waals surface area (Å²) in [5, 5.41) is 59.7. The number of carbonyl (C=O) groups is 3. The van der Waals surface area contributed by atoms with Gasteiger partial charge in [-0.05, 0) is 31.0 Å². The number of aromatic hydroxyl groups is 1. The molecule has 13 nitrogen and oxygen atoms in total. The van der Waals surface area contributed by atoms with Gasteiger partial charge in [0.15, 0.2) is 17.6 Å². The molecule has 1 unspecified atom stereocenters. The van der Waals surface area contributed by atoms with Crippen LogP contribution in [0.25, 0.3) is 0 Å². The monoisotopic (exact) mass is 444 g/mol. The Labute approximate surface area is 175 Å². The maximum atomic E-state index is 11.9. The van der Waals surface area contributed by atoms with Crippen LogP contribution >= 0.6 is 0 Å². The van der Waals surface area contributed by atoms with E-state index in [4.69, 9.17) is 25.4 Å². The van der Waals surface area contributed by atoms with E-state index in [0.717, 1.165) is 0 Å². The molecule has 2 rings (SSSR count). The molecule has 1 amide bonds. The zero-order valence-electron chi connectivity index (χ0n) is 16.3. The fraction of sp³-hybridized carbons (Fsp3) is 0.500. The first-order valence-corrected chi connectivity index (χ1v) is 9.12. The molecule has 1 aliphatic rings. The lowest BCUT2D eigenvalue weighted by Crippen LogP contribution is -2.61. The number of benzene rings is 1. The van der Waals surface area contributed by atoms with Crippen LogP contribution in [0, 0.1) is 0 Å². The summed E-state index contributed by atoms with van der Waals surface area (Å²) in [7, 11) is 0. The molecule has 1 fully saturated rings. The van der Waals surface area contributed by atoms with E-state index in [0.29, 0.717) is 5.56 Å². The van der Waals surface area contributed by atoms with Gasteiger partial charge in [-0.1, -0.05) is 6.07 Å². The van der Waals surface area contributed by atoms with E-state index < -0.39 is 66.4 Å². The van der Waals surface area contributed by atoms with E-state index in [2.05, 4.69) is 5.32 Å². The van der Waals surface area contributed by atoms with Crippen LogP contribution in [0.15, 0.2) is 18.2 Å². The van der Waals surface area contributed by atoms with E-state index in [1.54, 1.807) is 0 Å². The molecule has 1 aromatic carbocycles. The smallest absolute Gasteiger partial charge is 0.335 e. The van der Waals surface area contributed by atoms with Crippen LogP contribution in [-0.2, 0) is 25.5 Å². The van der Waals surface area contributed by atoms with Crippen molar-refractivity contribution >= 4 is 17.8 Å². The number of hydrogen-bond acceptors (Lipinski definition) is 10. The van der Waals surface area contributed by atoms with Crippen LogP contribution in [0.5, 0.6) is 11.5 Å². The van der Waals surface area contributed by atoms with Gasteiger partial charge in [0.1, 0.15) is 24.4 Å². The maximum Gasteiger partial charge on any atom is 0.335 e. The van der Waals surface area contributed by atoms with Crippen molar-refractivity contribution in [2.75, 3.05) is 0 Å². The van der Waals surface area contributed by atoms with Crippen molar-refractivity contribution in [1.82, 2.24) is 5.32 Å². The normalized spacial score (nSPS) is 27.7. The number of nitrogens with two attached hydrogens (primary N) is 1. The van der Waals surface area contributed by atoms with E-state index in [1.165, 1.54) is 25.1 Å². The molecule has 0 spiro atoms. The predicted octanol–water partition coefficient (Wildman–Crippen LogP) is -2.88. The summed E-state index contributed by atoms with van der Waals surface area (Å²) in [6.45, 7) is 1.28. The van der Waals surface area contributed by atoms with Gasteiger partial charge in [0.25, 0.3) is 0 Å². The number of ether oxygens (including phenoxy) is 2. The summed E-state index contributed by atoms with van der Waals surface area (Å²) in [5.74, 6) is -4.23. The molecular weight excluding hydrogens is 420 g/mol. The van der Waals surface area contributed by atoms with Gasteiger partial charge in [-0.25, -0.2) is 4.79 Å². The van der Waals surface area contributed by atoms with E-state index in [9.17, 15) is 34.8 Å². The quantitative estimate of drug-likeness (QED) is 0.202. The highest BCUT2D eigenvalue weighted by Gasteiger charge is 2.48. The van der Waals surface area contributed by atoms with E-state index in [1.807, 2.05) is 0 Å². The summed E-state index contributed by atoms with van der Waals surface area (Å²) in [6, 6.07) is 1.60. The van der Waals surface area contributed by atoms with Crippen molar-refractivity contribution in [3.05, 3.63) is 23.8 Å². The number of rotatable bonds is 8. The Bertz CT molecular complexity index is 833. The number of amides is 1. The van der Waals surface area contributed by atoms with Gasteiger partial charge in [0.05, 0.1) is 6.04 Å². The van der Waals surface area contributed by atoms with Crippen LogP contribution in [0.2, 0.25) is 0 Å². The second-order valence-electron chi connectivity index (χ2n) is 7.03. The zero-order valence-corrected chi connectivity index (χ0v) is 16.3. The lowest BCUT2D eigenvalue weighted by Gasteiger charge is -2.38. The molecule has 0 aliphatic carbocycles. The summed E-state index contributed by atoms with van der Waals surface area (Å²) < 4.78 is 10.2. The molecule has 31 heavy (non-hydrogen) atoms. The largest absolute Gasteiger partial charge is 0.504 e. The first-order chi connectivity index (χ1) is 14.4. The number of carboxylic acid groups (broad SMARTS) is 2. The lowest BCUT2D eigenvalue weighted by molar-refractivity contribution is -0.271. The molecule has 9 N–H and O–H groups in total. The standard InChI is InChI=1S/C18H24N2O11/c1-6(16(26)27)20-15(25)8(19)4-7-2-3-10(9(21)5-7)30-18-13(24)11(22)12(23)14(31-18)17(28)29/h2-3,5-6,8,11-14,18,21-24H,4,19H2,1H3,(H,20,25)(H,26,27)(H,28,29)/t6-,8-,11-,12-,13+,14-,18?/m0/s1. The summed E-state index contributed by atoms with van der Waals surface area (Å²) in [4.78, 5) is 33.8. The molecule has 1 aromatic rings. The molecule has 0 saturated carbocycles. The molecule has 0 aromatic heterocycles. The molecular formula is C18H24N2O11. The first kappa shape index (κ1) is 24.3. The van der Waals surface area contributed by atoms with Gasteiger partial charge < -0.3 is 51.2 Å². The van der Waals surface area contributed by atoms with Crippen molar-refractivity contribution in [2.45, 2.75) is 56.1 Å². The third kappa shape index (κ3) is 5.80. The van der Waals surface area contributed by atoms with Gasteiger partial charge >= 0.3 is 11.9 Å². The Morgan fingerprint density at radius 2 is 1.81 bits per heavy atom. The Balaban J connectivity index is 2.06. The molecule has 1 aliphatic heterocycles. The van der Waals surface area contributed by atoms with Crippen molar-refractivity contribution in [2.24, 2.45) is 5.73 Å². The van der Waals surface area contributed by atoms with Crippen LogP contribution in [-0.4, -0.2) is 91.3 Å². The summed E-state index contributed by atoms with van der Waals surface area (Å²) in [5.41, 5.74) is 6.14. The summed E-state index contributed by atoms with van der Waals surface area (Å²) in [6.07, 6.45) is -9.19. The number of carboxylic acids is 2. The second kappa shape index (κ2) is 9.89. The fourth-order valence-corrected chi connectivity index (χ4v) is 2.79. The minimum Gasteiger partial charge on any atom is -0.504 e. The highest BCUT2D eigenvalue weighted by Crippen LogP contribution is 2.31. The molecule has 7 atom stereocenters. The minimum absolute atomic E-state index is 0.0550. The van der Waals surface area contributed by atoms with Crippen molar-refractivity contribution in [3.8, 4) is 11.5 Å². The Kier molecular flexibility index (Phi) is 7.75. The third-order valence-electron chi connectivity index (χ3n) is 4.60. The lowest BCUT2D eigenvalue weighted by atomic mass is 9.99. The fourth-order valence-electron chi connectivity index (χ4n) is 2.79. The number of aliphatic hydroxyl groups is 3. The SMILES string of the molecule is C[C@H](NC(=O)[C@@H](N)Cc1ccc(OC2O[C@H](C(=O)O)[C@@H](O)[C@H](O)[C@H]2O)c(O)c1)C(=O)O. The van der Waals surface area contributed by atoms with Crippen LogP contribution in [0.3, 0.4) is 0 Å². The number of nitrogens with one attached hydrogen (secondary N) is 1. The molecule has 0 bridgehead atoms. The zero-order chi connectivity index (χ0) is 23.5. The van der Waals surface area contributed by atoms with E-state index >= 15 is 0 Å². The highest BCUT2D eigenvalue weighted by atomic mass is 16.7. The number of aliphatic carboxylic acids is 2. The molecule has 13 heteroatoms. The third-order valence-corrected chi connectivity index (χ3v) is 4.60. The van der Waals surface area contributed by atoms with Gasteiger partial charge in [-0.15, -0.1) is 0 Å². The van der Waals surface area contributed by atoms with Crippen LogP contribution < -0.4 is 15.8 Å². The highest BCUT2D eigenvalue weighted by molar-refractivity contribution is 5.86. The summed E-state index contributed by atoms with van der Waals surface area (Å²) >= 11 is 0. The van der Waals surface area contributed by atoms with Crippen molar-refractivity contribution in [1.29, 1.82) is 0 Å². The molecule has 172 valence electrons. The average Bonchev–Trinajstić information content (AvgIpc) is 2.69. The Morgan fingerprint density at radius 3 is 2.35 bits per heavy atom.